The minimum atomic E-state index is 0.524. The smallest absolute Gasteiger partial charge is 0.0958 e. The van der Waals surface area contributed by atoms with Gasteiger partial charge in [-0.25, -0.2) is 4.98 Å². The van der Waals surface area contributed by atoms with Crippen molar-refractivity contribution >= 4 is 11.0 Å². The second kappa shape index (κ2) is 7.05. The van der Waals surface area contributed by atoms with Crippen molar-refractivity contribution in [3.63, 3.8) is 0 Å². The van der Waals surface area contributed by atoms with Crippen molar-refractivity contribution in [2.45, 2.75) is 38.3 Å². The maximum atomic E-state index is 5.67. The van der Waals surface area contributed by atoms with E-state index in [0.29, 0.717) is 6.10 Å². The SMILES string of the molecule is CN(CCCC1CCCO1)CCn1cnc2ccccc21. The summed E-state index contributed by atoms with van der Waals surface area (Å²) in [7, 11) is 2.20. The lowest BCUT2D eigenvalue weighted by molar-refractivity contribution is 0.0996. The molecule has 1 aromatic carbocycles. The number of benzene rings is 1. The van der Waals surface area contributed by atoms with Crippen LogP contribution in [0, 0.1) is 0 Å². The topological polar surface area (TPSA) is 30.3 Å². The Morgan fingerprint density at radius 3 is 3.10 bits per heavy atom. The molecule has 1 unspecified atom stereocenters. The molecule has 4 heteroatoms. The lowest BCUT2D eigenvalue weighted by atomic mass is 10.1. The van der Waals surface area contributed by atoms with Crippen LogP contribution in [0.3, 0.4) is 0 Å². The van der Waals surface area contributed by atoms with Crippen LogP contribution in [0.5, 0.6) is 0 Å². The first-order chi connectivity index (χ1) is 10.3. The molecular formula is C17H25N3O. The summed E-state index contributed by atoms with van der Waals surface area (Å²) in [4.78, 5) is 6.85. The van der Waals surface area contributed by atoms with E-state index in [1.807, 2.05) is 12.4 Å². The molecule has 3 rings (SSSR count). The number of rotatable bonds is 7. The molecule has 0 amide bonds. The third kappa shape index (κ3) is 3.83. The number of aromatic nitrogens is 2. The molecule has 1 aromatic heterocycles. The maximum absolute atomic E-state index is 5.67. The molecule has 0 N–H and O–H groups in total. The van der Waals surface area contributed by atoms with E-state index >= 15 is 0 Å². The zero-order chi connectivity index (χ0) is 14.5. The molecule has 2 heterocycles. The Balaban J connectivity index is 1.41. The van der Waals surface area contributed by atoms with Crippen LogP contribution in [0.1, 0.15) is 25.7 Å². The standard InChI is InChI=1S/C17H25N3O/c1-19(10-4-6-15-7-5-13-21-15)11-12-20-14-18-16-8-2-3-9-17(16)20/h2-3,8-9,14-15H,4-7,10-13H2,1H3. The summed E-state index contributed by atoms with van der Waals surface area (Å²) in [6.45, 7) is 4.17. The van der Waals surface area contributed by atoms with Crippen LogP contribution in [-0.4, -0.2) is 47.3 Å². The van der Waals surface area contributed by atoms with Gasteiger partial charge in [-0.1, -0.05) is 12.1 Å². The number of para-hydroxylation sites is 2. The van der Waals surface area contributed by atoms with Crippen molar-refractivity contribution in [1.29, 1.82) is 0 Å². The molecule has 0 radical (unpaired) electrons. The van der Waals surface area contributed by atoms with Crippen molar-refractivity contribution in [2.24, 2.45) is 0 Å². The Labute approximate surface area is 126 Å². The maximum Gasteiger partial charge on any atom is 0.0958 e. The first kappa shape index (κ1) is 14.5. The van der Waals surface area contributed by atoms with Gasteiger partial charge in [-0.2, -0.15) is 0 Å². The number of hydrogen-bond acceptors (Lipinski definition) is 3. The van der Waals surface area contributed by atoms with E-state index < -0.39 is 0 Å². The predicted molar refractivity (Wildman–Crippen MR) is 85.4 cm³/mol. The van der Waals surface area contributed by atoms with Crippen molar-refractivity contribution in [2.75, 3.05) is 26.7 Å². The molecular weight excluding hydrogens is 262 g/mol. The second-order valence-corrected chi connectivity index (χ2v) is 6.01. The minimum Gasteiger partial charge on any atom is -0.378 e. The zero-order valence-electron chi connectivity index (χ0n) is 12.9. The molecule has 1 atom stereocenters. The summed E-state index contributed by atoms with van der Waals surface area (Å²) in [6.07, 6.45) is 7.41. The molecule has 21 heavy (non-hydrogen) atoms. The van der Waals surface area contributed by atoms with Crippen molar-refractivity contribution in [3.8, 4) is 0 Å². The third-order valence-corrected chi connectivity index (χ3v) is 4.34. The van der Waals surface area contributed by atoms with Crippen LogP contribution in [-0.2, 0) is 11.3 Å². The van der Waals surface area contributed by atoms with Gasteiger partial charge in [0.25, 0.3) is 0 Å². The summed E-state index contributed by atoms with van der Waals surface area (Å²) in [6, 6.07) is 8.32. The van der Waals surface area contributed by atoms with Gasteiger partial charge >= 0.3 is 0 Å². The van der Waals surface area contributed by atoms with Gasteiger partial charge < -0.3 is 14.2 Å². The van der Waals surface area contributed by atoms with Crippen LogP contribution in [0.2, 0.25) is 0 Å². The molecule has 1 saturated heterocycles. The van der Waals surface area contributed by atoms with E-state index in [9.17, 15) is 0 Å². The Morgan fingerprint density at radius 1 is 1.33 bits per heavy atom. The minimum absolute atomic E-state index is 0.524. The fourth-order valence-electron chi connectivity index (χ4n) is 3.04. The Hall–Kier alpha value is -1.39. The lowest BCUT2D eigenvalue weighted by Crippen LogP contribution is -2.25. The molecule has 1 aliphatic heterocycles. The molecule has 114 valence electrons. The highest BCUT2D eigenvalue weighted by Crippen LogP contribution is 2.17. The monoisotopic (exact) mass is 287 g/mol. The second-order valence-electron chi connectivity index (χ2n) is 6.01. The summed E-state index contributed by atoms with van der Waals surface area (Å²) in [5, 5.41) is 0. The molecule has 0 bridgehead atoms. The Morgan fingerprint density at radius 2 is 2.24 bits per heavy atom. The highest BCUT2D eigenvalue weighted by Gasteiger charge is 2.14. The third-order valence-electron chi connectivity index (χ3n) is 4.34. The van der Waals surface area contributed by atoms with Gasteiger partial charge in [0.2, 0.25) is 0 Å². The number of fused-ring (bicyclic) bond motifs is 1. The van der Waals surface area contributed by atoms with E-state index in [2.05, 4.69) is 39.7 Å². The Kier molecular flexibility index (Phi) is 4.88. The number of imidazole rings is 1. The number of hydrogen-bond donors (Lipinski definition) is 0. The number of likely N-dealkylation sites (N-methyl/N-ethyl adjacent to an activating group) is 1. The molecule has 4 nitrogen and oxygen atoms in total. The van der Waals surface area contributed by atoms with Gasteiger partial charge in [-0.05, 0) is 51.4 Å². The van der Waals surface area contributed by atoms with Crippen LogP contribution in [0.4, 0.5) is 0 Å². The summed E-state index contributed by atoms with van der Waals surface area (Å²) < 4.78 is 7.91. The van der Waals surface area contributed by atoms with Gasteiger partial charge in [0.15, 0.2) is 0 Å². The highest BCUT2D eigenvalue weighted by atomic mass is 16.5. The molecule has 1 fully saturated rings. The van der Waals surface area contributed by atoms with E-state index in [1.54, 1.807) is 0 Å². The average molecular weight is 287 g/mol. The number of ether oxygens (including phenoxy) is 1. The van der Waals surface area contributed by atoms with Crippen molar-refractivity contribution in [1.82, 2.24) is 14.5 Å². The van der Waals surface area contributed by atoms with Gasteiger partial charge in [-0.3, -0.25) is 0 Å². The van der Waals surface area contributed by atoms with Crippen LogP contribution >= 0.6 is 0 Å². The predicted octanol–water partition coefficient (Wildman–Crippen LogP) is 2.93. The van der Waals surface area contributed by atoms with Gasteiger partial charge in [0, 0.05) is 19.7 Å². The first-order valence-electron chi connectivity index (χ1n) is 8.03. The molecule has 0 aliphatic carbocycles. The van der Waals surface area contributed by atoms with Crippen LogP contribution in [0.15, 0.2) is 30.6 Å². The van der Waals surface area contributed by atoms with E-state index in [-0.39, 0.29) is 0 Å². The normalized spacial score (nSPS) is 18.9. The van der Waals surface area contributed by atoms with Gasteiger partial charge in [0.05, 0.1) is 23.5 Å². The highest BCUT2D eigenvalue weighted by molar-refractivity contribution is 5.74. The molecule has 1 aliphatic rings. The molecule has 2 aromatic rings. The number of nitrogens with zero attached hydrogens (tertiary/aromatic N) is 3. The fraction of sp³-hybridized carbons (Fsp3) is 0.588. The van der Waals surface area contributed by atoms with Gasteiger partial charge in [0.1, 0.15) is 0 Å². The largest absolute Gasteiger partial charge is 0.378 e. The average Bonchev–Trinajstić information content (AvgIpc) is 3.14. The van der Waals surface area contributed by atoms with Gasteiger partial charge in [-0.15, -0.1) is 0 Å². The van der Waals surface area contributed by atoms with Crippen molar-refractivity contribution in [3.05, 3.63) is 30.6 Å². The first-order valence-corrected chi connectivity index (χ1v) is 8.03. The van der Waals surface area contributed by atoms with Crippen LogP contribution < -0.4 is 0 Å². The van der Waals surface area contributed by atoms with E-state index in [0.717, 1.165) is 31.8 Å². The molecule has 0 spiro atoms. The van der Waals surface area contributed by atoms with E-state index in [1.165, 1.54) is 31.2 Å². The molecule has 0 saturated carbocycles. The fourth-order valence-corrected chi connectivity index (χ4v) is 3.04. The summed E-state index contributed by atoms with van der Waals surface area (Å²) in [5.41, 5.74) is 2.31. The van der Waals surface area contributed by atoms with Crippen LogP contribution in [0.25, 0.3) is 11.0 Å². The zero-order valence-corrected chi connectivity index (χ0v) is 12.9. The van der Waals surface area contributed by atoms with E-state index in [4.69, 9.17) is 4.74 Å². The summed E-state index contributed by atoms with van der Waals surface area (Å²) in [5.74, 6) is 0. The summed E-state index contributed by atoms with van der Waals surface area (Å²) >= 11 is 0. The Bertz CT molecular complexity index is 560. The quantitative estimate of drug-likeness (QED) is 0.784. The lowest BCUT2D eigenvalue weighted by Gasteiger charge is -2.18. The van der Waals surface area contributed by atoms with Crippen molar-refractivity contribution < 1.29 is 4.74 Å².